The molecule has 0 bridgehead atoms. The average molecular weight is 218 g/mol. The molecular weight excluding hydrogens is 209 g/mol. The number of nitrogens with one attached hydrogen (secondary N) is 1. The van der Waals surface area contributed by atoms with Gasteiger partial charge in [0.05, 0.1) is 31.1 Å². The largest absolute Gasteiger partial charge is 0.433 e. The zero-order chi connectivity index (χ0) is 10.9. The Morgan fingerprint density at radius 3 is 2.47 bits per heavy atom. The maximum atomic E-state index is 12.2. The van der Waals surface area contributed by atoms with Crippen LogP contribution in [-0.4, -0.2) is 24.2 Å². The first kappa shape index (κ1) is 10.2. The van der Waals surface area contributed by atoms with E-state index in [1.807, 2.05) is 0 Å². The number of nitrogens with zero attached hydrogens (tertiary/aromatic N) is 1. The fourth-order valence-electron chi connectivity index (χ4n) is 1.20. The predicted molar refractivity (Wildman–Crippen MR) is 47.5 cm³/mol. The van der Waals surface area contributed by atoms with Crippen LogP contribution in [0.25, 0.3) is 0 Å². The molecule has 0 unspecified atom stereocenters. The minimum atomic E-state index is -4.38. The second kappa shape index (κ2) is 3.69. The molecule has 1 aromatic rings. The zero-order valence-corrected chi connectivity index (χ0v) is 7.71. The number of pyridine rings is 1. The van der Waals surface area contributed by atoms with E-state index in [9.17, 15) is 13.2 Å². The van der Waals surface area contributed by atoms with Gasteiger partial charge in [0.2, 0.25) is 0 Å². The third-order valence-electron chi connectivity index (χ3n) is 2.06. The Kier molecular flexibility index (Phi) is 2.52. The van der Waals surface area contributed by atoms with Gasteiger partial charge in [-0.2, -0.15) is 13.2 Å². The number of hydrogen-bond acceptors (Lipinski definition) is 3. The molecule has 6 heteroatoms. The molecular formula is C9H9F3N2O. The predicted octanol–water partition coefficient (Wildman–Crippen LogP) is 1.91. The van der Waals surface area contributed by atoms with Crippen LogP contribution in [0.4, 0.5) is 18.9 Å². The van der Waals surface area contributed by atoms with Gasteiger partial charge in [-0.3, -0.25) is 0 Å². The molecule has 0 radical (unpaired) electrons. The van der Waals surface area contributed by atoms with E-state index in [2.05, 4.69) is 10.3 Å². The lowest BCUT2D eigenvalue weighted by molar-refractivity contribution is -0.141. The van der Waals surface area contributed by atoms with Gasteiger partial charge in [0, 0.05) is 0 Å². The molecule has 1 fully saturated rings. The van der Waals surface area contributed by atoms with Crippen molar-refractivity contribution in [2.24, 2.45) is 0 Å². The first-order chi connectivity index (χ1) is 7.05. The third-order valence-corrected chi connectivity index (χ3v) is 2.06. The van der Waals surface area contributed by atoms with E-state index in [1.54, 1.807) is 0 Å². The maximum Gasteiger partial charge on any atom is 0.433 e. The smallest absolute Gasteiger partial charge is 0.377 e. The Balaban J connectivity index is 2.03. The van der Waals surface area contributed by atoms with Gasteiger partial charge < -0.3 is 10.1 Å². The summed E-state index contributed by atoms with van der Waals surface area (Å²) >= 11 is 0. The summed E-state index contributed by atoms with van der Waals surface area (Å²) in [7, 11) is 0. The van der Waals surface area contributed by atoms with Gasteiger partial charge in [-0.15, -0.1) is 0 Å². The van der Waals surface area contributed by atoms with Crippen molar-refractivity contribution in [3.8, 4) is 0 Å². The molecule has 2 rings (SSSR count). The quantitative estimate of drug-likeness (QED) is 0.823. The van der Waals surface area contributed by atoms with Crippen LogP contribution in [0.2, 0.25) is 0 Å². The summed E-state index contributed by atoms with van der Waals surface area (Å²) in [5.74, 6) is 0. The fraction of sp³-hybridized carbons (Fsp3) is 0.444. The Labute approximate surface area is 84.3 Å². The Hall–Kier alpha value is -1.30. The molecule has 15 heavy (non-hydrogen) atoms. The van der Waals surface area contributed by atoms with Crippen molar-refractivity contribution in [1.82, 2.24) is 4.98 Å². The highest BCUT2D eigenvalue weighted by Crippen LogP contribution is 2.27. The van der Waals surface area contributed by atoms with Gasteiger partial charge in [0.25, 0.3) is 0 Å². The average Bonchev–Trinajstić information content (AvgIpc) is 2.11. The van der Waals surface area contributed by atoms with Crippen molar-refractivity contribution in [3.63, 3.8) is 0 Å². The summed E-state index contributed by atoms with van der Waals surface area (Å²) in [5, 5.41) is 3.00. The summed E-state index contributed by atoms with van der Waals surface area (Å²) < 4.78 is 41.4. The molecule has 1 aliphatic rings. The standard InChI is InChI=1S/C9H9F3N2O/c10-9(11,12)8-2-1-6(3-13-8)14-7-4-15-5-7/h1-3,7,14H,4-5H2. The van der Waals surface area contributed by atoms with E-state index in [0.717, 1.165) is 6.07 Å². The maximum absolute atomic E-state index is 12.2. The normalized spacial score (nSPS) is 17.3. The lowest BCUT2D eigenvalue weighted by atomic mass is 10.2. The number of alkyl halides is 3. The number of hydrogen-bond donors (Lipinski definition) is 1. The van der Waals surface area contributed by atoms with E-state index in [-0.39, 0.29) is 6.04 Å². The molecule has 0 saturated carbocycles. The van der Waals surface area contributed by atoms with E-state index in [0.29, 0.717) is 18.9 Å². The molecule has 1 aliphatic heterocycles. The Bertz CT molecular complexity index is 332. The minimum absolute atomic E-state index is 0.184. The van der Waals surface area contributed by atoms with Gasteiger partial charge in [-0.05, 0) is 12.1 Å². The molecule has 0 spiro atoms. The molecule has 0 atom stereocenters. The molecule has 2 heterocycles. The number of ether oxygens (including phenoxy) is 1. The third kappa shape index (κ3) is 2.38. The second-order valence-corrected chi connectivity index (χ2v) is 3.31. The lowest BCUT2D eigenvalue weighted by Gasteiger charge is -2.27. The number of anilines is 1. The zero-order valence-electron chi connectivity index (χ0n) is 7.71. The van der Waals surface area contributed by atoms with Crippen LogP contribution in [-0.2, 0) is 10.9 Å². The Morgan fingerprint density at radius 2 is 2.07 bits per heavy atom. The van der Waals surface area contributed by atoms with Crippen LogP contribution >= 0.6 is 0 Å². The van der Waals surface area contributed by atoms with E-state index >= 15 is 0 Å². The van der Waals surface area contributed by atoms with Crippen LogP contribution in [0.5, 0.6) is 0 Å². The monoisotopic (exact) mass is 218 g/mol. The first-order valence-electron chi connectivity index (χ1n) is 4.43. The van der Waals surface area contributed by atoms with Crippen LogP contribution in [0.15, 0.2) is 18.3 Å². The van der Waals surface area contributed by atoms with Crippen LogP contribution < -0.4 is 5.32 Å². The van der Waals surface area contributed by atoms with Crippen molar-refractivity contribution in [3.05, 3.63) is 24.0 Å². The number of halogens is 3. The minimum Gasteiger partial charge on any atom is -0.377 e. The lowest BCUT2D eigenvalue weighted by Crippen LogP contribution is -2.40. The van der Waals surface area contributed by atoms with E-state index in [1.165, 1.54) is 12.3 Å². The summed E-state index contributed by atoms with van der Waals surface area (Å²) in [6.07, 6.45) is -3.20. The van der Waals surface area contributed by atoms with Crippen molar-refractivity contribution >= 4 is 5.69 Å². The van der Waals surface area contributed by atoms with Crippen molar-refractivity contribution < 1.29 is 17.9 Å². The summed E-state index contributed by atoms with van der Waals surface area (Å²) in [5.41, 5.74) is -0.297. The molecule has 1 N–H and O–H groups in total. The number of aromatic nitrogens is 1. The van der Waals surface area contributed by atoms with Gasteiger partial charge in [-0.25, -0.2) is 4.98 Å². The van der Waals surface area contributed by atoms with Crippen molar-refractivity contribution in [1.29, 1.82) is 0 Å². The summed E-state index contributed by atoms with van der Waals surface area (Å²) in [4.78, 5) is 3.33. The molecule has 1 saturated heterocycles. The fourth-order valence-corrected chi connectivity index (χ4v) is 1.20. The molecule has 3 nitrogen and oxygen atoms in total. The van der Waals surface area contributed by atoms with Crippen molar-refractivity contribution in [2.45, 2.75) is 12.2 Å². The SMILES string of the molecule is FC(F)(F)c1ccc(NC2COC2)cn1. The van der Waals surface area contributed by atoms with Gasteiger partial charge >= 0.3 is 6.18 Å². The topological polar surface area (TPSA) is 34.1 Å². The van der Waals surface area contributed by atoms with Crippen molar-refractivity contribution in [2.75, 3.05) is 18.5 Å². The Morgan fingerprint density at radius 1 is 1.33 bits per heavy atom. The highest BCUT2D eigenvalue weighted by molar-refractivity contribution is 5.42. The van der Waals surface area contributed by atoms with E-state index < -0.39 is 11.9 Å². The highest BCUT2D eigenvalue weighted by atomic mass is 19.4. The van der Waals surface area contributed by atoms with Crippen LogP contribution in [0.3, 0.4) is 0 Å². The highest BCUT2D eigenvalue weighted by Gasteiger charge is 2.32. The molecule has 0 aromatic carbocycles. The van der Waals surface area contributed by atoms with Crippen LogP contribution in [0.1, 0.15) is 5.69 Å². The number of rotatable bonds is 2. The molecule has 82 valence electrons. The summed E-state index contributed by atoms with van der Waals surface area (Å²) in [6.45, 7) is 1.17. The van der Waals surface area contributed by atoms with Gasteiger partial charge in [0.1, 0.15) is 5.69 Å². The van der Waals surface area contributed by atoms with Gasteiger partial charge in [-0.1, -0.05) is 0 Å². The first-order valence-corrected chi connectivity index (χ1v) is 4.43. The molecule has 1 aromatic heterocycles. The molecule has 0 aliphatic carbocycles. The van der Waals surface area contributed by atoms with Gasteiger partial charge in [0.15, 0.2) is 0 Å². The molecule has 0 amide bonds. The van der Waals surface area contributed by atoms with E-state index in [4.69, 9.17) is 4.74 Å². The summed E-state index contributed by atoms with van der Waals surface area (Å²) in [6, 6.07) is 2.51. The van der Waals surface area contributed by atoms with Crippen LogP contribution in [0, 0.1) is 0 Å². The second-order valence-electron chi connectivity index (χ2n) is 3.31.